The molecule has 0 aliphatic heterocycles. The second-order valence-electron chi connectivity index (χ2n) is 13.3. The van der Waals surface area contributed by atoms with E-state index in [1.54, 1.807) is 12.1 Å². The second-order valence-corrected chi connectivity index (χ2v) is 13.3. The molecule has 0 saturated carbocycles. The van der Waals surface area contributed by atoms with Gasteiger partial charge in [-0.15, -0.1) is 0 Å². The minimum Gasteiger partial charge on any atom is -0.507 e. The molecule has 232 valence electrons. The number of aromatic hydroxyl groups is 1. The van der Waals surface area contributed by atoms with Crippen molar-refractivity contribution in [1.29, 1.82) is 0 Å². The summed E-state index contributed by atoms with van der Waals surface area (Å²) in [5.41, 5.74) is 12.1. The molecule has 4 heteroatoms. The highest BCUT2D eigenvalue weighted by Crippen LogP contribution is 2.41. The van der Waals surface area contributed by atoms with Crippen molar-refractivity contribution in [2.75, 3.05) is 0 Å². The summed E-state index contributed by atoms with van der Waals surface area (Å²) in [6.45, 7) is 8.30. The van der Waals surface area contributed by atoms with Crippen LogP contribution >= 0.6 is 0 Å². The van der Waals surface area contributed by atoms with Crippen molar-refractivity contribution in [2.45, 2.75) is 46.9 Å². The van der Waals surface area contributed by atoms with Crippen molar-refractivity contribution in [1.82, 2.24) is 14.5 Å². The van der Waals surface area contributed by atoms with E-state index in [1.807, 2.05) is 85.3 Å². The molecule has 2 heterocycles. The standard InChI is InChI=1S/C43H39N3O/c1-27-15-17-35(18-16-27)46-39-14-10-13-36(40(39)45-42(46)37-22-28(2)21-29(3)41(37)47)32-23-33(25-34(24-32)43(4,5)6)38-26-31(19-20-44-38)30-11-8-7-9-12-30/h7-26,47H,1-6H3/i1D3. The third-order valence-corrected chi connectivity index (χ3v) is 8.77. The molecule has 47 heavy (non-hydrogen) atoms. The zero-order valence-electron chi connectivity index (χ0n) is 30.3. The molecule has 0 spiro atoms. The molecule has 7 rings (SSSR count). The lowest BCUT2D eigenvalue weighted by molar-refractivity contribution is 0.472. The lowest BCUT2D eigenvalue weighted by Gasteiger charge is -2.22. The van der Waals surface area contributed by atoms with Gasteiger partial charge in [0.15, 0.2) is 0 Å². The maximum atomic E-state index is 11.4. The molecular formula is C43H39N3O. The number of para-hydroxylation sites is 1. The number of benzene rings is 5. The normalized spacial score (nSPS) is 12.9. The highest BCUT2D eigenvalue weighted by Gasteiger charge is 2.23. The number of rotatable bonds is 5. The van der Waals surface area contributed by atoms with E-state index in [2.05, 4.69) is 63.2 Å². The van der Waals surface area contributed by atoms with Gasteiger partial charge < -0.3 is 5.11 Å². The molecule has 0 saturated heterocycles. The Kier molecular flexibility index (Phi) is 6.65. The maximum Gasteiger partial charge on any atom is 0.149 e. The van der Waals surface area contributed by atoms with Gasteiger partial charge in [-0.1, -0.05) is 93.1 Å². The molecule has 0 bridgehead atoms. The third kappa shape index (κ3) is 5.72. The Balaban J connectivity index is 1.48. The third-order valence-electron chi connectivity index (χ3n) is 8.77. The molecule has 4 nitrogen and oxygen atoms in total. The van der Waals surface area contributed by atoms with Crippen molar-refractivity contribution in [3.8, 4) is 56.3 Å². The van der Waals surface area contributed by atoms with Crippen molar-refractivity contribution in [2.24, 2.45) is 0 Å². The molecule has 7 aromatic rings. The van der Waals surface area contributed by atoms with Gasteiger partial charge in [0.2, 0.25) is 0 Å². The molecule has 2 aromatic heterocycles. The number of pyridine rings is 1. The SMILES string of the molecule is [2H]C([2H])([2H])c1ccc(-n2c(-c3cc(C)cc(C)c3O)nc3c(-c4cc(-c5cc(-c6ccccc6)ccn5)cc(C(C)(C)C)c4)cccc32)cc1. The molecule has 0 radical (unpaired) electrons. The highest BCUT2D eigenvalue weighted by molar-refractivity contribution is 5.97. The van der Waals surface area contributed by atoms with Crippen LogP contribution in [-0.2, 0) is 5.41 Å². The summed E-state index contributed by atoms with van der Waals surface area (Å²) in [4.78, 5) is 10.1. The number of imidazole rings is 1. The van der Waals surface area contributed by atoms with E-state index in [-0.39, 0.29) is 16.7 Å². The molecule has 5 aromatic carbocycles. The summed E-state index contributed by atoms with van der Waals surface area (Å²) in [7, 11) is 0. The summed E-state index contributed by atoms with van der Waals surface area (Å²) in [6.07, 6.45) is 1.86. The van der Waals surface area contributed by atoms with Crippen molar-refractivity contribution in [3.63, 3.8) is 0 Å². The summed E-state index contributed by atoms with van der Waals surface area (Å²) in [5.74, 6) is 0.733. The fourth-order valence-corrected chi connectivity index (χ4v) is 6.28. The van der Waals surface area contributed by atoms with Gasteiger partial charge in [-0.25, -0.2) is 4.98 Å². The van der Waals surface area contributed by atoms with Crippen LogP contribution in [-0.4, -0.2) is 19.6 Å². The largest absolute Gasteiger partial charge is 0.507 e. The van der Waals surface area contributed by atoms with E-state index in [9.17, 15) is 5.11 Å². The quantitative estimate of drug-likeness (QED) is 0.209. The van der Waals surface area contributed by atoms with Crippen molar-refractivity contribution < 1.29 is 9.22 Å². The van der Waals surface area contributed by atoms with E-state index < -0.39 is 6.85 Å². The van der Waals surface area contributed by atoms with Crippen molar-refractivity contribution in [3.05, 3.63) is 144 Å². The summed E-state index contributed by atoms with van der Waals surface area (Å²) in [6, 6.07) is 38.0. The van der Waals surface area contributed by atoms with Gasteiger partial charge >= 0.3 is 0 Å². The molecule has 0 aliphatic rings. The smallest absolute Gasteiger partial charge is 0.149 e. The zero-order valence-corrected chi connectivity index (χ0v) is 27.3. The van der Waals surface area contributed by atoms with Gasteiger partial charge in [-0.3, -0.25) is 9.55 Å². The number of aromatic nitrogens is 3. The highest BCUT2D eigenvalue weighted by atomic mass is 16.3. The minimum absolute atomic E-state index is 0.143. The van der Waals surface area contributed by atoms with Gasteiger partial charge in [-0.2, -0.15) is 0 Å². The lowest BCUT2D eigenvalue weighted by Crippen LogP contribution is -2.11. The van der Waals surface area contributed by atoms with Gasteiger partial charge in [-0.05, 0) is 108 Å². The Bertz CT molecular complexity index is 2370. The van der Waals surface area contributed by atoms with E-state index in [4.69, 9.17) is 14.1 Å². The summed E-state index contributed by atoms with van der Waals surface area (Å²) < 4.78 is 25.7. The van der Waals surface area contributed by atoms with Crippen LogP contribution in [0, 0.1) is 20.7 Å². The Morgan fingerprint density at radius 3 is 2.19 bits per heavy atom. The minimum atomic E-state index is -2.22. The van der Waals surface area contributed by atoms with Gasteiger partial charge in [0, 0.05) is 27.1 Å². The lowest BCUT2D eigenvalue weighted by atomic mass is 9.83. The molecule has 0 atom stereocenters. The van der Waals surface area contributed by atoms with Gasteiger partial charge in [0.25, 0.3) is 0 Å². The number of nitrogens with zero attached hydrogens (tertiary/aromatic N) is 3. The van der Waals surface area contributed by atoms with Gasteiger partial charge in [0.05, 0.1) is 22.3 Å². The first-order valence-electron chi connectivity index (χ1n) is 17.4. The van der Waals surface area contributed by atoms with Crippen LogP contribution in [0.3, 0.4) is 0 Å². The molecule has 0 aliphatic carbocycles. The van der Waals surface area contributed by atoms with Crippen LogP contribution in [0.4, 0.5) is 0 Å². The molecule has 0 fully saturated rings. The van der Waals surface area contributed by atoms with Crippen LogP contribution in [0.5, 0.6) is 5.75 Å². The number of hydrogen-bond acceptors (Lipinski definition) is 3. The molecule has 0 amide bonds. The Morgan fingerprint density at radius 1 is 0.681 bits per heavy atom. The Labute approximate surface area is 281 Å². The first kappa shape index (κ1) is 26.7. The van der Waals surface area contributed by atoms with Crippen LogP contribution in [0.15, 0.2) is 121 Å². The zero-order chi connectivity index (χ0) is 35.4. The van der Waals surface area contributed by atoms with E-state index >= 15 is 0 Å². The van der Waals surface area contributed by atoms with Crippen LogP contribution in [0.25, 0.3) is 61.6 Å². The monoisotopic (exact) mass is 616 g/mol. The fourth-order valence-electron chi connectivity index (χ4n) is 6.28. The average molecular weight is 617 g/mol. The van der Waals surface area contributed by atoms with Crippen LogP contribution in [0.1, 0.15) is 47.1 Å². The summed E-state index contributed by atoms with van der Waals surface area (Å²) in [5, 5.41) is 11.4. The fraction of sp³-hybridized carbons (Fsp3) is 0.163. The van der Waals surface area contributed by atoms with E-state index in [0.717, 1.165) is 61.4 Å². The molecule has 1 N–H and O–H groups in total. The second kappa shape index (κ2) is 11.7. The first-order chi connectivity index (χ1) is 23.8. The number of fused-ring (bicyclic) bond motifs is 1. The van der Waals surface area contributed by atoms with E-state index in [1.165, 1.54) is 5.56 Å². The molecular weight excluding hydrogens is 574 g/mol. The molecule has 0 unspecified atom stereocenters. The van der Waals surface area contributed by atoms with Gasteiger partial charge in [0.1, 0.15) is 11.6 Å². The first-order valence-corrected chi connectivity index (χ1v) is 15.9. The number of phenolic OH excluding ortho intramolecular Hbond substituents is 1. The number of aryl methyl sites for hydroxylation is 3. The number of phenols is 1. The van der Waals surface area contributed by atoms with E-state index in [0.29, 0.717) is 11.4 Å². The predicted octanol–water partition coefficient (Wildman–Crippen LogP) is 11.0. The van der Waals surface area contributed by atoms with Crippen LogP contribution < -0.4 is 0 Å². The Hall–Kier alpha value is -5.48. The average Bonchev–Trinajstić information content (AvgIpc) is 3.49. The summed E-state index contributed by atoms with van der Waals surface area (Å²) >= 11 is 0. The predicted molar refractivity (Wildman–Crippen MR) is 195 cm³/mol. The topological polar surface area (TPSA) is 50.9 Å². The van der Waals surface area contributed by atoms with Crippen LogP contribution in [0.2, 0.25) is 0 Å². The maximum absolute atomic E-state index is 11.4. The number of hydrogen-bond donors (Lipinski definition) is 1. The van der Waals surface area contributed by atoms with Crippen molar-refractivity contribution >= 4 is 11.0 Å². The Morgan fingerprint density at radius 2 is 1.45 bits per heavy atom.